The predicted octanol–water partition coefficient (Wildman–Crippen LogP) is 3.67. The monoisotopic (exact) mass is 471 g/mol. The quantitative estimate of drug-likeness (QED) is 0.629. The molecule has 0 spiro atoms. The van der Waals surface area contributed by atoms with Crippen LogP contribution in [0.2, 0.25) is 5.02 Å². The van der Waals surface area contributed by atoms with Crippen LogP contribution in [-0.2, 0) is 22.7 Å². The Balaban J connectivity index is 1.35. The molecule has 0 aromatic heterocycles. The third-order valence-corrected chi connectivity index (χ3v) is 6.85. The Morgan fingerprint density at radius 2 is 1.97 bits per heavy atom. The Morgan fingerprint density at radius 1 is 1.22 bits per heavy atom. The molecule has 2 aliphatic rings. The number of fused-ring (bicyclic) bond motifs is 1. The van der Waals surface area contributed by atoms with E-state index in [0.717, 1.165) is 16.9 Å². The van der Waals surface area contributed by atoms with Gasteiger partial charge in [-0.25, -0.2) is 0 Å². The van der Waals surface area contributed by atoms with Gasteiger partial charge in [0.1, 0.15) is 5.75 Å². The lowest BCUT2D eigenvalue weighted by Gasteiger charge is -2.43. The van der Waals surface area contributed by atoms with Crippen molar-refractivity contribution in [2.24, 2.45) is 11.8 Å². The van der Waals surface area contributed by atoms with Crippen molar-refractivity contribution in [2.75, 3.05) is 7.11 Å². The Bertz CT molecular complexity index is 1010. The molecule has 168 valence electrons. The summed E-state index contributed by atoms with van der Waals surface area (Å²) in [6, 6.07) is 14.9. The van der Waals surface area contributed by atoms with Crippen molar-refractivity contribution in [3.63, 3.8) is 0 Å². The molecule has 0 bridgehead atoms. The zero-order chi connectivity index (χ0) is 22.7. The van der Waals surface area contributed by atoms with Crippen molar-refractivity contribution in [1.29, 1.82) is 0 Å². The molecular weight excluding hydrogens is 446 g/mol. The van der Waals surface area contributed by atoms with Crippen LogP contribution in [0.3, 0.4) is 0 Å². The van der Waals surface area contributed by atoms with Gasteiger partial charge in [-0.3, -0.25) is 14.5 Å². The second-order valence-corrected chi connectivity index (χ2v) is 9.08. The summed E-state index contributed by atoms with van der Waals surface area (Å²) < 4.78 is 5.35. The van der Waals surface area contributed by atoms with Crippen molar-refractivity contribution < 1.29 is 14.3 Å². The average molecular weight is 472 g/mol. The Morgan fingerprint density at radius 3 is 2.72 bits per heavy atom. The van der Waals surface area contributed by atoms with Crippen molar-refractivity contribution in [3.05, 3.63) is 64.7 Å². The van der Waals surface area contributed by atoms with Gasteiger partial charge in [-0.1, -0.05) is 41.9 Å². The van der Waals surface area contributed by atoms with Crippen LogP contribution < -0.4 is 15.4 Å². The highest BCUT2D eigenvalue weighted by Gasteiger charge is 2.44. The second-order valence-electron chi connectivity index (χ2n) is 8.25. The van der Waals surface area contributed by atoms with Crippen molar-refractivity contribution in [1.82, 2.24) is 15.5 Å². The van der Waals surface area contributed by atoms with Crippen LogP contribution in [0.4, 0.5) is 0 Å². The molecule has 3 atom stereocenters. The number of carbonyl (C=O) groups excluding carboxylic acids is 2. The number of nitrogens with one attached hydrogen (secondary N) is 2. The maximum absolute atomic E-state index is 13.2. The minimum atomic E-state index is -0.174. The van der Waals surface area contributed by atoms with Crippen molar-refractivity contribution >= 4 is 40.7 Å². The number of thiocarbonyl (C=S) groups is 1. The number of benzene rings is 2. The molecule has 2 aromatic carbocycles. The molecule has 6 nitrogen and oxygen atoms in total. The molecule has 0 radical (unpaired) electrons. The molecule has 1 aliphatic carbocycles. The molecule has 1 heterocycles. The maximum atomic E-state index is 13.2. The third-order valence-electron chi connectivity index (χ3n) is 6.26. The Kier molecular flexibility index (Phi) is 6.96. The Hall–Kier alpha value is -2.64. The number of amides is 2. The number of methoxy groups -OCH3 is 1. The molecule has 4 rings (SSSR count). The van der Waals surface area contributed by atoms with E-state index in [1.807, 2.05) is 36.4 Å². The van der Waals surface area contributed by atoms with Crippen LogP contribution in [0, 0.1) is 11.8 Å². The van der Waals surface area contributed by atoms with Gasteiger partial charge in [0.15, 0.2) is 5.11 Å². The number of ether oxygens (including phenoxy) is 1. The van der Waals surface area contributed by atoms with E-state index < -0.39 is 0 Å². The summed E-state index contributed by atoms with van der Waals surface area (Å²) in [5, 5.41) is 7.41. The minimum absolute atomic E-state index is 0.00174. The normalized spacial score (nSPS) is 22.7. The zero-order valence-corrected chi connectivity index (χ0v) is 19.4. The highest BCUT2D eigenvalue weighted by molar-refractivity contribution is 7.80. The largest absolute Gasteiger partial charge is 0.496 e. The van der Waals surface area contributed by atoms with Crippen LogP contribution in [0.15, 0.2) is 48.5 Å². The molecule has 2 fully saturated rings. The average Bonchev–Trinajstić information content (AvgIpc) is 2.81. The number of rotatable bonds is 6. The van der Waals surface area contributed by atoms with E-state index in [4.69, 9.17) is 28.6 Å². The summed E-state index contributed by atoms with van der Waals surface area (Å²) in [7, 11) is 1.62. The topological polar surface area (TPSA) is 70.7 Å². The van der Waals surface area contributed by atoms with E-state index in [0.29, 0.717) is 42.5 Å². The van der Waals surface area contributed by atoms with Crippen LogP contribution in [0.25, 0.3) is 0 Å². The number of nitrogens with zero attached hydrogens (tertiary/aromatic N) is 1. The summed E-state index contributed by atoms with van der Waals surface area (Å²) in [5.74, 6) is 0.450. The van der Waals surface area contributed by atoms with Gasteiger partial charge in [0, 0.05) is 29.1 Å². The first kappa shape index (κ1) is 22.6. The summed E-state index contributed by atoms with van der Waals surface area (Å²) >= 11 is 11.5. The summed E-state index contributed by atoms with van der Waals surface area (Å²) in [4.78, 5) is 27.6. The van der Waals surface area contributed by atoms with Crippen LogP contribution >= 0.6 is 23.8 Å². The lowest BCUT2D eigenvalue weighted by atomic mass is 9.76. The van der Waals surface area contributed by atoms with Gasteiger partial charge in [-0.15, -0.1) is 0 Å². The molecule has 3 unspecified atom stereocenters. The molecule has 1 aliphatic heterocycles. The zero-order valence-electron chi connectivity index (χ0n) is 17.8. The van der Waals surface area contributed by atoms with E-state index in [1.165, 1.54) is 0 Å². The number of hydrogen-bond donors (Lipinski definition) is 2. The predicted molar refractivity (Wildman–Crippen MR) is 127 cm³/mol. The van der Waals surface area contributed by atoms with E-state index >= 15 is 0 Å². The van der Waals surface area contributed by atoms with E-state index in [9.17, 15) is 9.59 Å². The van der Waals surface area contributed by atoms with Gasteiger partial charge in [0.05, 0.1) is 19.6 Å². The SMILES string of the molecule is COc1ccccc1CNC(=O)C1CCC2C(=O)N(Cc3ccc(Cl)cc3)C(=S)NC2C1. The number of halogens is 1. The molecular formula is C24H26ClN3O3S. The van der Waals surface area contributed by atoms with Crippen molar-refractivity contribution in [3.8, 4) is 5.75 Å². The fraction of sp³-hybridized carbons (Fsp3) is 0.375. The lowest BCUT2D eigenvalue weighted by molar-refractivity contribution is -0.138. The van der Waals surface area contributed by atoms with E-state index in [1.54, 1.807) is 24.1 Å². The van der Waals surface area contributed by atoms with Gasteiger partial charge < -0.3 is 15.4 Å². The van der Waals surface area contributed by atoms with Gasteiger partial charge in [0.2, 0.25) is 11.8 Å². The molecule has 8 heteroatoms. The first-order valence-corrected chi connectivity index (χ1v) is 11.5. The number of para-hydroxylation sites is 1. The maximum Gasteiger partial charge on any atom is 0.234 e. The van der Waals surface area contributed by atoms with Crippen LogP contribution in [0.1, 0.15) is 30.4 Å². The molecule has 2 aromatic rings. The van der Waals surface area contributed by atoms with Crippen molar-refractivity contribution in [2.45, 2.75) is 38.4 Å². The van der Waals surface area contributed by atoms with E-state index in [-0.39, 0.29) is 29.7 Å². The molecule has 32 heavy (non-hydrogen) atoms. The molecule has 2 amide bonds. The fourth-order valence-electron chi connectivity index (χ4n) is 4.50. The van der Waals surface area contributed by atoms with Gasteiger partial charge in [-0.2, -0.15) is 0 Å². The molecule has 1 saturated carbocycles. The second kappa shape index (κ2) is 9.88. The van der Waals surface area contributed by atoms with Gasteiger partial charge in [-0.05, 0) is 55.2 Å². The van der Waals surface area contributed by atoms with Gasteiger partial charge in [0.25, 0.3) is 0 Å². The smallest absolute Gasteiger partial charge is 0.234 e. The van der Waals surface area contributed by atoms with Crippen LogP contribution in [0.5, 0.6) is 5.75 Å². The standard InChI is InChI=1S/C24H26ClN3O3S/c1-31-21-5-3-2-4-17(21)13-26-22(29)16-8-11-19-20(12-16)27-24(32)28(23(19)30)14-15-6-9-18(25)10-7-15/h2-7,9-10,16,19-20H,8,11-14H2,1H3,(H,26,29)(H,27,32). The first-order chi connectivity index (χ1) is 15.5. The minimum Gasteiger partial charge on any atom is -0.496 e. The first-order valence-electron chi connectivity index (χ1n) is 10.7. The summed E-state index contributed by atoms with van der Waals surface area (Å²) in [5.41, 5.74) is 1.90. The molecule has 1 saturated heterocycles. The van der Waals surface area contributed by atoms with E-state index in [2.05, 4.69) is 10.6 Å². The fourth-order valence-corrected chi connectivity index (χ4v) is 4.93. The third kappa shape index (κ3) is 4.89. The molecule has 2 N–H and O–H groups in total. The van der Waals surface area contributed by atoms with Gasteiger partial charge >= 0.3 is 0 Å². The number of carbonyl (C=O) groups is 2. The Labute approximate surface area is 198 Å². The summed E-state index contributed by atoms with van der Waals surface area (Å²) in [6.07, 6.45) is 1.92. The summed E-state index contributed by atoms with van der Waals surface area (Å²) in [6.45, 7) is 0.820. The highest BCUT2D eigenvalue weighted by atomic mass is 35.5. The number of hydrogen-bond acceptors (Lipinski definition) is 4. The lowest BCUT2D eigenvalue weighted by Crippen LogP contribution is -2.61. The highest BCUT2D eigenvalue weighted by Crippen LogP contribution is 2.34. The van der Waals surface area contributed by atoms with Crippen LogP contribution in [-0.4, -0.2) is 35.0 Å².